The number of aliphatic hydroxyl groups is 5. The molecule has 8 N–H and O–H groups in total. The molecule has 1 unspecified atom stereocenters. The fourth-order valence-electron chi connectivity index (χ4n) is 3.99. The molecule has 2 rings (SSSR count). The van der Waals surface area contributed by atoms with Crippen molar-refractivity contribution in [3.63, 3.8) is 0 Å². The van der Waals surface area contributed by atoms with Crippen LogP contribution >= 0.6 is 0 Å². The Labute approximate surface area is 196 Å². The van der Waals surface area contributed by atoms with Gasteiger partial charge in [-0.2, -0.15) is 0 Å². The van der Waals surface area contributed by atoms with E-state index < -0.39 is 67.8 Å². The zero-order chi connectivity index (χ0) is 25.4. The number of hydrogen-bond donors (Lipinski definition) is 7. The third kappa shape index (κ3) is 6.82. The highest BCUT2D eigenvalue weighted by Crippen LogP contribution is 2.30. The first-order valence-corrected chi connectivity index (χ1v) is 11.0. The van der Waals surface area contributed by atoms with Crippen molar-refractivity contribution in [2.75, 3.05) is 46.4 Å². The zero-order valence-corrected chi connectivity index (χ0v) is 19.1. The van der Waals surface area contributed by atoms with Crippen LogP contribution in [0.1, 0.15) is 6.92 Å². The Morgan fingerprint density at radius 3 is 2.32 bits per heavy atom. The summed E-state index contributed by atoms with van der Waals surface area (Å²) in [6.45, 7) is 1.82. The molecule has 10 atom stereocenters. The Kier molecular flexibility index (Phi) is 11.5. The van der Waals surface area contributed by atoms with Crippen LogP contribution in [0.15, 0.2) is 5.28 Å². The topological polar surface area (TPSA) is 241 Å². The molecule has 0 aromatic heterocycles. The number of methoxy groups -OCH3 is 1. The van der Waals surface area contributed by atoms with Crippen LogP contribution in [-0.2, 0) is 18.9 Å². The monoisotopic (exact) mass is 498 g/mol. The molecule has 0 bridgehead atoms. The van der Waals surface area contributed by atoms with E-state index in [0.717, 1.165) is 5.01 Å². The van der Waals surface area contributed by atoms with E-state index in [4.69, 9.17) is 24.7 Å². The van der Waals surface area contributed by atoms with Gasteiger partial charge in [0.05, 0.1) is 19.3 Å². The fraction of sp³-hybridized carbons (Fsp3) is 1.00. The lowest BCUT2D eigenvalue weighted by Gasteiger charge is -2.46. The zero-order valence-electron chi connectivity index (χ0n) is 19.1. The van der Waals surface area contributed by atoms with Crippen molar-refractivity contribution < 1.29 is 49.4 Å². The molecule has 200 valence electrons. The van der Waals surface area contributed by atoms with Gasteiger partial charge in [0.25, 0.3) is 0 Å². The Morgan fingerprint density at radius 2 is 1.74 bits per heavy atom. The molecule has 2 fully saturated rings. The SMILES string of the molecule is CO[C@H]1[C@H](O)[C@@H](O)[C@@H](OC2[C@@H](CO)O[C@H](C)[C@H](O)[C@H]2O)O[C@@H]1CN(CCNCCN)/[N+]([O-])=N/[O-]. The molecule has 16 nitrogen and oxygen atoms in total. The number of nitrogens with two attached hydrogens (primary N) is 1. The number of hydrazine groups is 1. The summed E-state index contributed by atoms with van der Waals surface area (Å²) in [5.74, 6) is 0. The fourth-order valence-corrected chi connectivity index (χ4v) is 3.99. The summed E-state index contributed by atoms with van der Waals surface area (Å²) in [5.41, 5.74) is 5.41. The van der Waals surface area contributed by atoms with Crippen molar-refractivity contribution in [3.05, 3.63) is 10.4 Å². The first-order valence-electron chi connectivity index (χ1n) is 11.0. The molecule has 2 heterocycles. The van der Waals surface area contributed by atoms with Gasteiger partial charge in [-0.3, -0.25) is 0 Å². The van der Waals surface area contributed by atoms with Crippen LogP contribution < -0.4 is 11.1 Å². The molecule has 0 spiro atoms. The lowest BCUT2D eigenvalue weighted by atomic mass is 9.94. The standard InChI is InChI=1S/C18H37N5O11/c1-9-12(25)13(26)17(11(8-24)32-9)34-18-15(28)14(27)16(31-2)10(33-18)7-22(23(30)21-29)6-5-20-4-3-19/h9-18,20,24-29H,3-8,19H2,1-2H3/p-1/b23-21-/t9-,10-,11-,12+,13-,14-,15-,16-,17?,18-/m1/s1. The second-order valence-electron chi connectivity index (χ2n) is 8.15. The maximum atomic E-state index is 11.9. The van der Waals surface area contributed by atoms with E-state index in [1.165, 1.54) is 14.0 Å². The van der Waals surface area contributed by atoms with Crippen molar-refractivity contribution in [2.45, 2.75) is 68.1 Å². The van der Waals surface area contributed by atoms with Crippen LogP contribution in [-0.4, -0.2) is 143 Å². The molecule has 0 saturated carbocycles. The van der Waals surface area contributed by atoms with Gasteiger partial charge in [0, 0.05) is 31.7 Å². The van der Waals surface area contributed by atoms with E-state index in [-0.39, 0.29) is 24.6 Å². The highest BCUT2D eigenvalue weighted by molar-refractivity contribution is 4.95. The largest absolute Gasteiger partial charge is 0.737 e. The van der Waals surface area contributed by atoms with Gasteiger partial charge >= 0.3 is 0 Å². The number of nitrogens with zero attached hydrogens (tertiary/aromatic N) is 3. The summed E-state index contributed by atoms with van der Waals surface area (Å²) in [4.78, 5) is -0.175. The summed E-state index contributed by atoms with van der Waals surface area (Å²) in [6, 6.07) is 0. The molecule has 2 aliphatic heterocycles. The highest BCUT2D eigenvalue weighted by atomic mass is 16.7. The quantitative estimate of drug-likeness (QED) is 0.0581. The third-order valence-electron chi connectivity index (χ3n) is 5.88. The molecule has 0 aromatic rings. The van der Waals surface area contributed by atoms with Crippen LogP contribution in [0.25, 0.3) is 0 Å². The molecule has 16 heteroatoms. The van der Waals surface area contributed by atoms with Crippen LogP contribution in [0, 0.1) is 10.4 Å². The summed E-state index contributed by atoms with van der Waals surface area (Å²) in [6.07, 6.45) is -13.0. The van der Waals surface area contributed by atoms with Crippen LogP contribution in [0.4, 0.5) is 0 Å². The second-order valence-corrected chi connectivity index (χ2v) is 8.15. The van der Waals surface area contributed by atoms with Crippen molar-refractivity contribution in [1.82, 2.24) is 10.3 Å². The molecule has 0 amide bonds. The van der Waals surface area contributed by atoms with E-state index in [1.807, 2.05) is 0 Å². The van der Waals surface area contributed by atoms with Gasteiger partial charge in [0.1, 0.15) is 55.4 Å². The highest BCUT2D eigenvalue weighted by Gasteiger charge is 2.50. The molecule has 0 aliphatic carbocycles. The molecular weight excluding hydrogens is 462 g/mol. The lowest BCUT2D eigenvalue weighted by molar-refractivity contribution is -0.692. The van der Waals surface area contributed by atoms with Crippen LogP contribution in [0.2, 0.25) is 0 Å². The molecule has 34 heavy (non-hydrogen) atoms. The second kappa shape index (κ2) is 13.6. The van der Waals surface area contributed by atoms with Crippen molar-refractivity contribution in [2.24, 2.45) is 11.0 Å². The number of ether oxygens (including phenoxy) is 4. The molecule has 2 saturated heterocycles. The van der Waals surface area contributed by atoms with E-state index in [1.54, 1.807) is 0 Å². The molecule has 0 aromatic carbocycles. The number of rotatable bonds is 12. The molecule has 0 radical (unpaired) electrons. The summed E-state index contributed by atoms with van der Waals surface area (Å²) >= 11 is 0. The average Bonchev–Trinajstić information content (AvgIpc) is 2.83. The summed E-state index contributed by atoms with van der Waals surface area (Å²) in [5, 5.41) is 80.4. The Bertz CT molecular complexity index is 633. The smallest absolute Gasteiger partial charge is 0.187 e. The predicted molar refractivity (Wildman–Crippen MR) is 113 cm³/mol. The minimum absolute atomic E-state index is 0.0293. The number of aliphatic hydroxyl groups excluding tert-OH is 5. The Hall–Kier alpha value is -1.44. The first-order chi connectivity index (χ1) is 16.2. The van der Waals surface area contributed by atoms with Crippen molar-refractivity contribution in [3.8, 4) is 0 Å². The lowest BCUT2D eigenvalue weighted by Crippen LogP contribution is -2.65. The van der Waals surface area contributed by atoms with E-state index >= 15 is 0 Å². The summed E-state index contributed by atoms with van der Waals surface area (Å²) in [7, 11) is 1.26. The van der Waals surface area contributed by atoms with E-state index in [2.05, 4.69) is 10.6 Å². The number of nitrogens with one attached hydrogen (secondary N) is 1. The average molecular weight is 499 g/mol. The van der Waals surface area contributed by atoms with Crippen LogP contribution in [0.3, 0.4) is 0 Å². The Balaban J connectivity index is 2.17. The Morgan fingerprint density at radius 1 is 1.06 bits per heavy atom. The minimum atomic E-state index is -1.66. The van der Waals surface area contributed by atoms with E-state index in [9.17, 15) is 35.9 Å². The maximum absolute atomic E-state index is 11.9. The van der Waals surface area contributed by atoms with Gasteiger partial charge in [-0.1, -0.05) is 0 Å². The summed E-state index contributed by atoms with van der Waals surface area (Å²) < 4.78 is 22.1. The molecule has 2 aliphatic rings. The van der Waals surface area contributed by atoms with E-state index in [0.29, 0.717) is 13.1 Å². The van der Waals surface area contributed by atoms with Gasteiger partial charge in [-0.15, -0.1) is 5.01 Å². The van der Waals surface area contributed by atoms with Crippen LogP contribution in [0.5, 0.6) is 0 Å². The van der Waals surface area contributed by atoms with Gasteiger partial charge in [-0.25, -0.2) is 0 Å². The third-order valence-corrected chi connectivity index (χ3v) is 5.88. The van der Waals surface area contributed by atoms with Crippen molar-refractivity contribution >= 4 is 0 Å². The normalized spacial score (nSPS) is 39.2. The molecular formula is C18H36N5O11-. The van der Waals surface area contributed by atoms with Gasteiger partial charge in [0.15, 0.2) is 6.29 Å². The number of hydrogen-bond acceptors (Lipinski definition) is 14. The minimum Gasteiger partial charge on any atom is -0.737 e. The van der Waals surface area contributed by atoms with Gasteiger partial charge < -0.3 is 65.9 Å². The maximum Gasteiger partial charge on any atom is 0.187 e. The van der Waals surface area contributed by atoms with Gasteiger partial charge in [-0.05, 0) is 12.2 Å². The van der Waals surface area contributed by atoms with Gasteiger partial charge in [0.2, 0.25) is 0 Å². The van der Waals surface area contributed by atoms with Crippen molar-refractivity contribution in [1.29, 1.82) is 0 Å². The first kappa shape index (κ1) is 28.8. The predicted octanol–water partition coefficient (Wildman–Crippen LogP) is -4.44.